The Bertz CT molecular complexity index is 235. The first-order valence-corrected chi connectivity index (χ1v) is 5.06. The fourth-order valence-electron chi connectivity index (χ4n) is 2.50. The highest BCUT2D eigenvalue weighted by Crippen LogP contribution is 2.42. The van der Waals surface area contributed by atoms with Crippen molar-refractivity contribution in [3.63, 3.8) is 0 Å². The van der Waals surface area contributed by atoms with Crippen molar-refractivity contribution < 1.29 is 9.90 Å². The van der Waals surface area contributed by atoms with E-state index in [0.29, 0.717) is 0 Å². The summed E-state index contributed by atoms with van der Waals surface area (Å²) in [5.74, 6) is 0. The van der Waals surface area contributed by atoms with Gasteiger partial charge in [0.15, 0.2) is 0 Å². The minimum Gasteiger partial charge on any atom is -0.465 e. The molecule has 0 saturated heterocycles. The Morgan fingerprint density at radius 1 is 1.57 bits per heavy atom. The van der Waals surface area contributed by atoms with Gasteiger partial charge in [0.25, 0.3) is 0 Å². The van der Waals surface area contributed by atoms with E-state index in [1.54, 1.807) is 0 Å². The molecule has 1 rings (SSSR count). The van der Waals surface area contributed by atoms with Gasteiger partial charge in [0.05, 0.1) is 5.54 Å². The molecule has 0 heterocycles. The summed E-state index contributed by atoms with van der Waals surface area (Å²) in [4.78, 5) is 10.8. The number of carboxylic acid groups (broad SMARTS) is 1. The lowest BCUT2D eigenvalue weighted by atomic mass is 9.70. The Morgan fingerprint density at radius 2 is 2.14 bits per heavy atom. The third-order valence-electron chi connectivity index (χ3n) is 3.39. The van der Waals surface area contributed by atoms with E-state index in [2.05, 4.69) is 5.32 Å². The monoisotopic (exact) mass is 200 g/mol. The van der Waals surface area contributed by atoms with Crippen LogP contribution < -0.4 is 11.1 Å². The number of nitrogens with one attached hydrogen (secondary N) is 1. The summed E-state index contributed by atoms with van der Waals surface area (Å²) in [7, 11) is 0. The molecule has 0 spiro atoms. The van der Waals surface area contributed by atoms with E-state index in [9.17, 15) is 4.79 Å². The van der Waals surface area contributed by atoms with Crippen molar-refractivity contribution in [2.75, 3.05) is 0 Å². The first-order chi connectivity index (χ1) is 6.29. The van der Waals surface area contributed by atoms with Crippen molar-refractivity contribution in [1.29, 1.82) is 0 Å². The number of hydrogen-bond donors (Lipinski definition) is 3. The average molecular weight is 200 g/mol. The highest BCUT2D eigenvalue weighted by Gasteiger charge is 2.50. The highest BCUT2D eigenvalue weighted by atomic mass is 16.4. The summed E-state index contributed by atoms with van der Waals surface area (Å²) in [5, 5.41) is 11.5. The Hall–Kier alpha value is -0.770. The lowest BCUT2D eigenvalue weighted by Gasteiger charge is -2.45. The number of hydrogen-bond acceptors (Lipinski definition) is 2. The first-order valence-electron chi connectivity index (χ1n) is 5.06. The molecular formula is C10H20N2O2. The Balaban J connectivity index is 2.96. The van der Waals surface area contributed by atoms with Crippen LogP contribution >= 0.6 is 0 Å². The van der Waals surface area contributed by atoms with Crippen LogP contribution in [-0.2, 0) is 0 Å². The van der Waals surface area contributed by atoms with Crippen LogP contribution in [0.1, 0.15) is 40.0 Å². The molecule has 82 valence electrons. The second-order valence-corrected chi connectivity index (χ2v) is 5.15. The van der Waals surface area contributed by atoms with E-state index in [1.807, 2.05) is 20.8 Å². The standard InChI is InChI=1S/C10H20N2O2/c1-9(2,3)10(12-8(13)14)6-4-5-7(10)11/h7,12H,4-6,11H2,1-3H3,(H,13,14)/t7-,10+/m0/s1. The molecule has 0 aromatic carbocycles. The van der Waals surface area contributed by atoms with Crippen molar-refractivity contribution in [2.45, 2.75) is 51.6 Å². The van der Waals surface area contributed by atoms with Gasteiger partial charge in [-0.2, -0.15) is 0 Å². The number of carbonyl (C=O) groups is 1. The lowest BCUT2D eigenvalue weighted by molar-refractivity contribution is 0.110. The van der Waals surface area contributed by atoms with Gasteiger partial charge in [-0.25, -0.2) is 4.79 Å². The normalized spacial score (nSPS) is 33.0. The van der Waals surface area contributed by atoms with Crippen LogP contribution in [-0.4, -0.2) is 22.8 Å². The minimum atomic E-state index is -0.975. The molecule has 0 radical (unpaired) electrons. The van der Waals surface area contributed by atoms with E-state index in [1.165, 1.54) is 0 Å². The summed E-state index contributed by atoms with van der Waals surface area (Å²) < 4.78 is 0. The molecule has 0 aliphatic heterocycles. The van der Waals surface area contributed by atoms with E-state index >= 15 is 0 Å². The molecule has 1 saturated carbocycles. The van der Waals surface area contributed by atoms with Crippen molar-refractivity contribution in [1.82, 2.24) is 5.32 Å². The van der Waals surface area contributed by atoms with E-state index in [-0.39, 0.29) is 11.5 Å². The molecule has 0 unspecified atom stereocenters. The number of nitrogens with two attached hydrogens (primary N) is 1. The van der Waals surface area contributed by atoms with Crippen molar-refractivity contribution in [3.8, 4) is 0 Å². The highest BCUT2D eigenvalue weighted by molar-refractivity contribution is 5.66. The van der Waals surface area contributed by atoms with Crippen molar-refractivity contribution in [3.05, 3.63) is 0 Å². The molecule has 4 N–H and O–H groups in total. The first kappa shape index (κ1) is 11.3. The molecule has 2 atom stereocenters. The van der Waals surface area contributed by atoms with E-state index in [4.69, 9.17) is 10.8 Å². The average Bonchev–Trinajstić information content (AvgIpc) is 2.30. The zero-order valence-corrected chi connectivity index (χ0v) is 9.13. The number of amides is 1. The third kappa shape index (κ3) is 1.71. The summed E-state index contributed by atoms with van der Waals surface area (Å²) in [6, 6.07) is -0.0707. The predicted molar refractivity (Wildman–Crippen MR) is 55.2 cm³/mol. The summed E-state index contributed by atoms with van der Waals surface area (Å²) >= 11 is 0. The summed E-state index contributed by atoms with van der Waals surface area (Å²) in [6.45, 7) is 6.11. The fourth-order valence-corrected chi connectivity index (χ4v) is 2.50. The lowest BCUT2D eigenvalue weighted by Crippen LogP contribution is -2.63. The van der Waals surface area contributed by atoms with Gasteiger partial charge in [-0.3, -0.25) is 0 Å². The topological polar surface area (TPSA) is 75.3 Å². The molecule has 1 aliphatic carbocycles. The molecule has 14 heavy (non-hydrogen) atoms. The third-order valence-corrected chi connectivity index (χ3v) is 3.39. The van der Waals surface area contributed by atoms with Gasteiger partial charge in [0.1, 0.15) is 0 Å². The Morgan fingerprint density at radius 3 is 2.43 bits per heavy atom. The fraction of sp³-hybridized carbons (Fsp3) is 0.900. The summed E-state index contributed by atoms with van der Waals surface area (Å²) in [5.41, 5.74) is 5.43. The Labute approximate surface area is 84.9 Å². The van der Waals surface area contributed by atoms with Crippen molar-refractivity contribution >= 4 is 6.09 Å². The number of rotatable bonds is 1. The predicted octanol–water partition coefficient (Wildman–Crippen LogP) is 1.55. The molecule has 0 bridgehead atoms. The van der Waals surface area contributed by atoms with Crippen LogP contribution in [0.4, 0.5) is 4.79 Å². The van der Waals surface area contributed by atoms with Gasteiger partial charge in [0, 0.05) is 6.04 Å². The van der Waals surface area contributed by atoms with E-state index < -0.39 is 11.6 Å². The van der Waals surface area contributed by atoms with Gasteiger partial charge in [-0.15, -0.1) is 0 Å². The maximum Gasteiger partial charge on any atom is 0.405 e. The smallest absolute Gasteiger partial charge is 0.405 e. The summed E-state index contributed by atoms with van der Waals surface area (Å²) in [6.07, 6.45) is 1.76. The van der Waals surface area contributed by atoms with Gasteiger partial charge in [-0.1, -0.05) is 20.8 Å². The Kier molecular flexibility index (Phi) is 2.76. The van der Waals surface area contributed by atoms with Crippen molar-refractivity contribution in [2.24, 2.45) is 11.1 Å². The zero-order chi connectivity index (χ0) is 11.0. The maximum absolute atomic E-state index is 10.8. The van der Waals surface area contributed by atoms with Crippen LogP contribution in [0, 0.1) is 5.41 Å². The molecule has 4 nitrogen and oxygen atoms in total. The zero-order valence-electron chi connectivity index (χ0n) is 9.13. The quantitative estimate of drug-likeness (QED) is 0.601. The SMILES string of the molecule is CC(C)(C)[C@@]1(NC(=O)O)CCC[C@@H]1N. The molecule has 1 fully saturated rings. The van der Waals surface area contributed by atoms with Gasteiger partial charge in [0.2, 0.25) is 0 Å². The van der Waals surface area contributed by atoms with Gasteiger partial charge < -0.3 is 16.2 Å². The van der Waals surface area contributed by atoms with Crippen LogP contribution in [0.3, 0.4) is 0 Å². The van der Waals surface area contributed by atoms with E-state index in [0.717, 1.165) is 19.3 Å². The van der Waals surface area contributed by atoms with Gasteiger partial charge in [-0.05, 0) is 24.7 Å². The maximum atomic E-state index is 10.8. The molecule has 1 aliphatic rings. The molecule has 1 amide bonds. The minimum absolute atomic E-state index is 0.0707. The van der Waals surface area contributed by atoms with Crippen LogP contribution in [0.5, 0.6) is 0 Å². The molecule has 4 heteroatoms. The van der Waals surface area contributed by atoms with Gasteiger partial charge >= 0.3 is 6.09 Å². The van der Waals surface area contributed by atoms with Crippen LogP contribution in [0.25, 0.3) is 0 Å². The largest absolute Gasteiger partial charge is 0.465 e. The molecule has 0 aromatic rings. The second kappa shape index (κ2) is 3.42. The molecule has 0 aromatic heterocycles. The molecular weight excluding hydrogens is 180 g/mol. The van der Waals surface area contributed by atoms with Crippen LogP contribution in [0.2, 0.25) is 0 Å². The van der Waals surface area contributed by atoms with Crippen LogP contribution in [0.15, 0.2) is 0 Å². The second-order valence-electron chi connectivity index (χ2n) is 5.15.